The van der Waals surface area contributed by atoms with Crippen molar-refractivity contribution in [3.05, 3.63) is 47.8 Å². The lowest BCUT2D eigenvalue weighted by atomic mass is 10.1. The summed E-state index contributed by atoms with van der Waals surface area (Å²) in [6.07, 6.45) is 1.90. The second-order valence-electron chi connectivity index (χ2n) is 4.03. The summed E-state index contributed by atoms with van der Waals surface area (Å²) < 4.78 is 1.57. The summed E-state index contributed by atoms with van der Waals surface area (Å²) in [5, 5.41) is 13.7. The molecule has 1 aromatic heterocycles. The SMILES string of the molecule is CC[C@@H](O)c1ccc(-n2ccc(C(N)=O)n2)cc1. The fraction of sp³-hybridized carbons (Fsp3) is 0.231. The van der Waals surface area contributed by atoms with Gasteiger partial charge in [0, 0.05) is 6.20 Å². The molecule has 2 rings (SSSR count). The summed E-state index contributed by atoms with van der Waals surface area (Å²) >= 11 is 0. The summed E-state index contributed by atoms with van der Waals surface area (Å²) in [5.41, 5.74) is 7.05. The smallest absolute Gasteiger partial charge is 0.269 e. The van der Waals surface area contributed by atoms with E-state index in [1.807, 2.05) is 31.2 Å². The highest BCUT2D eigenvalue weighted by Crippen LogP contribution is 2.18. The minimum Gasteiger partial charge on any atom is -0.388 e. The number of aromatic nitrogens is 2. The Hall–Kier alpha value is -2.14. The quantitative estimate of drug-likeness (QED) is 0.854. The molecule has 94 valence electrons. The highest BCUT2D eigenvalue weighted by atomic mass is 16.3. The van der Waals surface area contributed by atoms with Crippen LogP contribution in [0.2, 0.25) is 0 Å². The third kappa shape index (κ3) is 2.41. The van der Waals surface area contributed by atoms with Gasteiger partial charge in [-0.1, -0.05) is 19.1 Å². The average molecular weight is 245 g/mol. The number of aliphatic hydroxyl groups is 1. The van der Waals surface area contributed by atoms with Crippen molar-refractivity contribution in [3.8, 4) is 5.69 Å². The molecule has 0 aliphatic heterocycles. The van der Waals surface area contributed by atoms with E-state index in [9.17, 15) is 9.90 Å². The number of rotatable bonds is 4. The summed E-state index contributed by atoms with van der Waals surface area (Å²) in [6, 6.07) is 8.93. The first-order valence-electron chi connectivity index (χ1n) is 5.75. The van der Waals surface area contributed by atoms with Crippen LogP contribution in [0.25, 0.3) is 5.69 Å². The maximum absolute atomic E-state index is 10.9. The van der Waals surface area contributed by atoms with Crippen LogP contribution in [0.3, 0.4) is 0 Å². The van der Waals surface area contributed by atoms with Gasteiger partial charge in [0.25, 0.3) is 5.91 Å². The predicted octanol–water partition coefficient (Wildman–Crippen LogP) is 1.41. The fourth-order valence-corrected chi connectivity index (χ4v) is 1.68. The Balaban J connectivity index is 2.25. The zero-order valence-corrected chi connectivity index (χ0v) is 10.1. The maximum Gasteiger partial charge on any atom is 0.269 e. The molecular weight excluding hydrogens is 230 g/mol. The van der Waals surface area contributed by atoms with Gasteiger partial charge >= 0.3 is 0 Å². The summed E-state index contributed by atoms with van der Waals surface area (Å²) in [5.74, 6) is -0.549. The van der Waals surface area contributed by atoms with E-state index in [1.165, 1.54) is 0 Å². The summed E-state index contributed by atoms with van der Waals surface area (Å²) in [6.45, 7) is 1.92. The lowest BCUT2D eigenvalue weighted by Gasteiger charge is -2.08. The average Bonchev–Trinajstić information content (AvgIpc) is 2.88. The molecule has 0 fully saturated rings. The van der Waals surface area contributed by atoms with Crippen LogP contribution in [-0.4, -0.2) is 20.8 Å². The van der Waals surface area contributed by atoms with Crippen molar-refractivity contribution in [2.24, 2.45) is 5.73 Å². The second kappa shape index (κ2) is 5.01. The molecule has 5 heteroatoms. The number of hydrogen-bond acceptors (Lipinski definition) is 3. The highest BCUT2D eigenvalue weighted by Gasteiger charge is 2.07. The molecule has 5 nitrogen and oxygen atoms in total. The Bertz CT molecular complexity index is 546. The lowest BCUT2D eigenvalue weighted by molar-refractivity contribution is 0.0995. The minimum atomic E-state index is -0.549. The van der Waals surface area contributed by atoms with E-state index in [-0.39, 0.29) is 5.69 Å². The van der Waals surface area contributed by atoms with E-state index in [4.69, 9.17) is 5.73 Å². The molecule has 0 bridgehead atoms. The van der Waals surface area contributed by atoms with Crippen LogP contribution in [0.4, 0.5) is 0 Å². The number of benzene rings is 1. The van der Waals surface area contributed by atoms with Crippen molar-refractivity contribution < 1.29 is 9.90 Å². The van der Waals surface area contributed by atoms with E-state index in [0.717, 1.165) is 11.3 Å². The molecule has 1 aromatic carbocycles. The van der Waals surface area contributed by atoms with E-state index >= 15 is 0 Å². The number of amides is 1. The van der Waals surface area contributed by atoms with Crippen molar-refractivity contribution in [1.29, 1.82) is 0 Å². The molecule has 0 spiro atoms. The molecule has 3 N–H and O–H groups in total. The van der Waals surface area contributed by atoms with E-state index in [0.29, 0.717) is 6.42 Å². The van der Waals surface area contributed by atoms with Crippen LogP contribution in [0, 0.1) is 0 Å². The Morgan fingerprint density at radius 2 is 2.06 bits per heavy atom. The van der Waals surface area contributed by atoms with Gasteiger partial charge in [0.1, 0.15) is 5.69 Å². The highest BCUT2D eigenvalue weighted by molar-refractivity contribution is 5.90. The van der Waals surface area contributed by atoms with Crippen molar-refractivity contribution in [2.45, 2.75) is 19.4 Å². The zero-order valence-electron chi connectivity index (χ0n) is 10.1. The molecule has 1 heterocycles. The first-order valence-corrected chi connectivity index (χ1v) is 5.75. The molecular formula is C13H15N3O2. The molecule has 0 saturated heterocycles. The van der Waals surface area contributed by atoms with Crippen molar-refractivity contribution in [3.63, 3.8) is 0 Å². The minimum absolute atomic E-state index is 0.229. The number of nitrogens with two attached hydrogens (primary N) is 1. The fourth-order valence-electron chi connectivity index (χ4n) is 1.68. The van der Waals surface area contributed by atoms with E-state index in [1.54, 1.807) is 16.9 Å². The molecule has 1 atom stereocenters. The van der Waals surface area contributed by atoms with Crippen molar-refractivity contribution in [2.75, 3.05) is 0 Å². The topological polar surface area (TPSA) is 81.1 Å². The number of carbonyl (C=O) groups excluding carboxylic acids is 1. The lowest BCUT2D eigenvalue weighted by Crippen LogP contribution is -2.12. The van der Waals surface area contributed by atoms with Gasteiger partial charge in [-0.25, -0.2) is 4.68 Å². The van der Waals surface area contributed by atoms with Gasteiger partial charge < -0.3 is 10.8 Å². The zero-order chi connectivity index (χ0) is 13.1. The number of carbonyl (C=O) groups is 1. The van der Waals surface area contributed by atoms with Gasteiger partial charge in [-0.15, -0.1) is 0 Å². The maximum atomic E-state index is 10.9. The van der Waals surface area contributed by atoms with Crippen LogP contribution in [-0.2, 0) is 0 Å². The third-order valence-corrected chi connectivity index (χ3v) is 2.77. The van der Waals surface area contributed by atoms with E-state index < -0.39 is 12.0 Å². The van der Waals surface area contributed by atoms with Gasteiger partial charge in [-0.05, 0) is 30.2 Å². The number of nitrogens with zero attached hydrogens (tertiary/aromatic N) is 2. The molecule has 18 heavy (non-hydrogen) atoms. The summed E-state index contributed by atoms with van der Waals surface area (Å²) in [4.78, 5) is 10.9. The normalized spacial score (nSPS) is 12.3. The molecule has 2 aromatic rings. The number of aliphatic hydroxyl groups excluding tert-OH is 1. The Morgan fingerprint density at radius 1 is 1.39 bits per heavy atom. The number of hydrogen-bond donors (Lipinski definition) is 2. The van der Waals surface area contributed by atoms with Crippen LogP contribution < -0.4 is 5.73 Å². The van der Waals surface area contributed by atoms with Crippen LogP contribution in [0.15, 0.2) is 36.5 Å². The largest absolute Gasteiger partial charge is 0.388 e. The van der Waals surface area contributed by atoms with Gasteiger partial charge in [-0.3, -0.25) is 4.79 Å². The molecule has 1 amide bonds. The molecule has 0 saturated carbocycles. The first kappa shape index (κ1) is 12.3. The molecule has 0 aliphatic carbocycles. The molecule has 0 aliphatic rings. The Morgan fingerprint density at radius 3 is 2.56 bits per heavy atom. The number of primary amides is 1. The van der Waals surface area contributed by atoms with Crippen LogP contribution in [0.5, 0.6) is 0 Å². The standard InChI is InChI=1S/C13H15N3O2/c1-2-12(17)9-3-5-10(6-4-9)16-8-7-11(15-16)13(14)18/h3-8,12,17H,2H2,1H3,(H2,14,18)/t12-/m1/s1. The molecule has 0 unspecified atom stereocenters. The Labute approximate surface area is 105 Å². The van der Waals surface area contributed by atoms with Crippen LogP contribution >= 0.6 is 0 Å². The van der Waals surface area contributed by atoms with Gasteiger partial charge in [-0.2, -0.15) is 5.10 Å². The predicted molar refractivity (Wildman–Crippen MR) is 67.3 cm³/mol. The second-order valence-corrected chi connectivity index (χ2v) is 4.03. The monoisotopic (exact) mass is 245 g/mol. The van der Waals surface area contributed by atoms with Gasteiger partial charge in [0.2, 0.25) is 0 Å². The van der Waals surface area contributed by atoms with Crippen molar-refractivity contribution >= 4 is 5.91 Å². The van der Waals surface area contributed by atoms with Gasteiger partial charge in [0.15, 0.2) is 0 Å². The molecule has 0 radical (unpaired) electrons. The Kier molecular flexibility index (Phi) is 3.43. The third-order valence-electron chi connectivity index (χ3n) is 2.77. The first-order chi connectivity index (χ1) is 8.61. The van der Waals surface area contributed by atoms with Crippen LogP contribution in [0.1, 0.15) is 35.5 Å². The van der Waals surface area contributed by atoms with E-state index in [2.05, 4.69) is 5.10 Å². The van der Waals surface area contributed by atoms with Gasteiger partial charge in [0.05, 0.1) is 11.8 Å². The van der Waals surface area contributed by atoms with Crippen molar-refractivity contribution in [1.82, 2.24) is 9.78 Å². The summed E-state index contributed by atoms with van der Waals surface area (Å²) in [7, 11) is 0.